The standard InChI is InChI=1S/C14H20F2N2O2/c1-19-12-6-5-10(8-13(12)20-14(15)16)18-9-11-4-2-3-7-17-11/h5-6,8,11,14,17-18H,2-4,7,9H2,1H3. The van der Waals surface area contributed by atoms with Crippen LogP contribution in [0.5, 0.6) is 11.5 Å². The fourth-order valence-corrected chi connectivity index (χ4v) is 2.31. The third-order valence-corrected chi connectivity index (χ3v) is 3.34. The van der Waals surface area contributed by atoms with Gasteiger partial charge >= 0.3 is 6.61 Å². The van der Waals surface area contributed by atoms with Crippen LogP contribution in [0.1, 0.15) is 19.3 Å². The van der Waals surface area contributed by atoms with Crippen LogP contribution in [0.25, 0.3) is 0 Å². The Hall–Kier alpha value is -1.56. The Morgan fingerprint density at radius 2 is 2.20 bits per heavy atom. The molecule has 1 fully saturated rings. The zero-order valence-electron chi connectivity index (χ0n) is 11.5. The summed E-state index contributed by atoms with van der Waals surface area (Å²) in [4.78, 5) is 0. The summed E-state index contributed by atoms with van der Waals surface area (Å²) in [5.41, 5.74) is 0.744. The number of anilines is 1. The smallest absolute Gasteiger partial charge is 0.387 e. The number of hydrogen-bond acceptors (Lipinski definition) is 4. The molecule has 0 aromatic heterocycles. The first-order chi connectivity index (χ1) is 9.69. The fourth-order valence-electron chi connectivity index (χ4n) is 2.31. The molecule has 0 spiro atoms. The molecule has 2 N–H and O–H groups in total. The van der Waals surface area contributed by atoms with E-state index in [1.807, 2.05) is 0 Å². The summed E-state index contributed by atoms with van der Waals surface area (Å²) in [6.45, 7) is -1.06. The average Bonchev–Trinajstić information content (AvgIpc) is 2.46. The van der Waals surface area contributed by atoms with Crippen LogP contribution in [0.15, 0.2) is 18.2 Å². The highest BCUT2D eigenvalue weighted by Crippen LogP contribution is 2.31. The van der Waals surface area contributed by atoms with Crippen LogP contribution in [0.2, 0.25) is 0 Å². The van der Waals surface area contributed by atoms with Crippen molar-refractivity contribution in [1.29, 1.82) is 0 Å². The molecule has 112 valence electrons. The molecule has 0 amide bonds. The van der Waals surface area contributed by atoms with Gasteiger partial charge in [0.25, 0.3) is 0 Å². The van der Waals surface area contributed by atoms with Crippen molar-refractivity contribution in [2.75, 3.05) is 25.5 Å². The Morgan fingerprint density at radius 1 is 1.35 bits per heavy atom. The SMILES string of the molecule is COc1ccc(NCC2CCCCN2)cc1OC(F)F. The van der Waals surface area contributed by atoms with Gasteiger partial charge in [-0.25, -0.2) is 0 Å². The van der Waals surface area contributed by atoms with E-state index < -0.39 is 6.61 Å². The molecule has 1 aliphatic rings. The number of ether oxygens (including phenoxy) is 2. The lowest BCUT2D eigenvalue weighted by molar-refractivity contribution is -0.0511. The predicted molar refractivity (Wildman–Crippen MR) is 73.8 cm³/mol. The van der Waals surface area contributed by atoms with Crippen LogP contribution in [0, 0.1) is 0 Å². The van der Waals surface area contributed by atoms with Crippen LogP contribution < -0.4 is 20.1 Å². The zero-order valence-corrected chi connectivity index (χ0v) is 11.5. The third kappa shape index (κ3) is 4.23. The highest BCUT2D eigenvalue weighted by Gasteiger charge is 2.14. The molecular weight excluding hydrogens is 266 g/mol. The first-order valence-electron chi connectivity index (χ1n) is 6.79. The summed E-state index contributed by atoms with van der Waals surface area (Å²) in [5, 5.41) is 6.66. The minimum absolute atomic E-state index is 0.0455. The molecule has 0 bridgehead atoms. The second-order valence-corrected chi connectivity index (χ2v) is 4.77. The summed E-state index contributed by atoms with van der Waals surface area (Å²) in [7, 11) is 1.42. The van der Waals surface area contributed by atoms with Gasteiger partial charge in [0.15, 0.2) is 11.5 Å². The Labute approximate surface area is 117 Å². The second kappa shape index (κ2) is 7.28. The van der Waals surface area contributed by atoms with Gasteiger partial charge in [-0.15, -0.1) is 0 Å². The molecule has 6 heteroatoms. The van der Waals surface area contributed by atoms with Crippen LogP contribution in [-0.2, 0) is 0 Å². The molecule has 4 nitrogen and oxygen atoms in total. The molecule has 0 saturated carbocycles. The van der Waals surface area contributed by atoms with Gasteiger partial charge < -0.3 is 20.1 Å². The van der Waals surface area contributed by atoms with Gasteiger partial charge in [0.05, 0.1) is 7.11 Å². The minimum Gasteiger partial charge on any atom is -0.493 e. The second-order valence-electron chi connectivity index (χ2n) is 4.77. The van der Waals surface area contributed by atoms with Crippen LogP contribution in [0.4, 0.5) is 14.5 Å². The Balaban J connectivity index is 1.96. The average molecular weight is 286 g/mol. The molecule has 1 aliphatic heterocycles. The van der Waals surface area contributed by atoms with Crippen molar-refractivity contribution in [3.63, 3.8) is 0 Å². The van der Waals surface area contributed by atoms with E-state index in [9.17, 15) is 8.78 Å². The number of methoxy groups -OCH3 is 1. The Bertz CT molecular complexity index is 424. The summed E-state index contributed by atoms with van der Waals surface area (Å²) in [5.74, 6) is 0.343. The third-order valence-electron chi connectivity index (χ3n) is 3.34. The minimum atomic E-state index is -2.86. The van der Waals surface area contributed by atoms with Gasteiger partial charge in [0.2, 0.25) is 0 Å². The monoisotopic (exact) mass is 286 g/mol. The topological polar surface area (TPSA) is 42.5 Å². The van der Waals surface area contributed by atoms with Crippen LogP contribution in [-0.4, -0.2) is 32.9 Å². The molecule has 1 aromatic carbocycles. The molecule has 1 aromatic rings. The molecule has 0 aliphatic carbocycles. The number of piperidine rings is 1. The number of hydrogen-bond donors (Lipinski definition) is 2. The van der Waals surface area contributed by atoms with E-state index in [1.54, 1.807) is 12.1 Å². The van der Waals surface area contributed by atoms with Gasteiger partial charge in [-0.3, -0.25) is 0 Å². The normalized spacial score (nSPS) is 18.9. The molecule has 1 heterocycles. The number of nitrogens with one attached hydrogen (secondary N) is 2. The number of benzene rings is 1. The van der Waals surface area contributed by atoms with E-state index >= 15 is 0 Å². The predicted octanol–water partition coefficient (Wildman–Crippen LogP) is 2.85. The van der Waals surface area contributed by atoms with E-state index in [1.165, 1.54) is 26.0 Å². The van der Waals surface area contributed by atoms with Gasteiger partial charge in [-0.1, -0.05) is 6.42 Å². The summed E-state index contributed by atoms with van der Waals surface area (Å²) >= 11 is 0. The van der Waals surface area contributed by atoms with Crippen molar-refractivity contribution in [3.8, 4) is 11.5 Å². The van der Waals surface area contributed by atoms with E-state index in [0.717, 1.165) is 25.2 Å². The highest BCUT2D eigenvalue weighted by molar-refractivity contribution is 5.54. The maximum atomic E-state index is 12.3. The van der Waals surface area contributed by atoms with Gasteiger partial charge in [0.1, 0.15) is 0 Å². The van der Waals surface area contributed by atoms with Crippen molar-refractivity contribution in [2.24, 2.45) is 0 Å². The van der Waals surface area contributed by atoms with Gasteiger partial charge in [-0.05, 0) is 31.5 Å². The van der Waals surface area contributed by atoms with Crippen molar-refractivity contribution >= 4 is 5.69 Å². The van der Waals surface area contributed by atoms with Crippen molar-refractivity contribution in [2.45, 2.75) is 31.9 Å². The lowest BCUT2D eigenvalue weighted by atomic mass is 10.1. The molecule has 1 atom stereocenters. The summed E-state index contributed by atoms with van der Waals surface area (Å²) < 4.78 is 34.1. The fraction of sp³-hybridized carbons (Fsp3) is 0.571. The van der Waals surface area contributed by atoms with Crippen LogP contribution in [0.3, 0.4) is 0 Å². The largest absolute Gasteiger partial charge is 0.493 e. The molecule has 1 saturated heterocycles. The van der Waals surface area contributed by atoms with E-state index in [4.69, 9.17) is 4.74 Å². The quantitative estimate of drug-likeness (QED) is 0.844. The molecule has 1 unspecified atom stereocenters. The van der Waals surface area contributed by atoms with Gasteiger partial charge in [0, 0.05) is 24.3 Å². The summed E-state index contributed by atoms with van der Waals surface area (Å²) in [6, 6.07) is 5.37. The molecule has 20 heavy (non-hydrogen) atoms. The highest BCUT2D eigenvalue weighted by atomic mass is 19.3. The molecular formula is C14H20F2N2O2. The number of rotatable bonds is 6. The van der Waals surface area contributed by atoms with E-state index in [-0.39, 0.29) is 5.75 Å². The van der Waals surface area contributed by atoms with Crippen molar-refractivity contribution in [1.82, 2.24) is 5.32 Å². The van der Waals surface area contributed by atoms with Gasteiger partial charge in [-0.2, -0.15) is 8.78 Å². The lowest BCUT2D eigenvalue weighted by Crippen LogP contribution is -2.39. The maximum absolute atomic E-state index is 12.3. The van der Waals surface area contributed by atoms with Crippen molar-refractivity contribution < 1.29 is 18.3 Å². The Kier molecular flexibility index (Phi) is 5.40. The van der Waals surface area contributed by atoms with E-state index in [0.29, 0.717) is 11.8 Å². The molecule has 0 radical (unpaired) electrons. The maximum Gasteiger partial charge on any atom is 0.387 e. The van der Waals surface area contributed by atoms with Crippen molar-refractivity contribution in [3.05, 3.63) is 18.2 Å². The number of halogens is 2. The first kappa shape index (κ1) is 14.8. The number of alkyl halides is 2. The van der Waals surface area contributed by atoms with Crippen LogP contribution >= 0.6 is 0 Å². The van der Waals surface area contributed by atoms with E-state index in [2.05, 4.69) is 15.4 Å². The summed E-state index contributed by atoms with van der Waals surface area (Å²) in [6.07, 6.45) is 3.57. The molecule has 2 rings (SSSR count). The zero-order chi connectivity index (χ0) is 14.4. The first-order valence-corrected chi connectivity index (χ1v) is 6.79. The Morgan fingerprint density at radius 3 is 2.85 bits per heavy atom. The lowest BCUT2D eigenvalue weighted by Gasteiger charge is -2.24.